The number of aryl methyl sites for hydroxylation is 1. The average Bonchev–Trinajstić information content (AvgIpc) is 2.98. The number of rotatable bonds is 7. The van der Waals surface area contributed by atoms with Gasteiger partial charge in [-0.05, 0) is 19.3 Å². The van der Waals surface area contributed by atoms with Gasteiger partial charge in [-0.2, -0.15) is 0 Å². The van der Waals surface area contributed by atoms with Crippen LogP contribution < -0.4 is 11.2 Å². The fraction of sp³-hybridized carbons (Fsp3) is 0.667. The first-order valence-electron chi connectivity index (χ1n) is 7.79. The molecule has 2 heterocycles. The summed E-state index contributed by atoms with van der Waals surface area (Å²) in [5, 5.41) is 0. The minimum Gasteiger partial charge on any atom is -0.376 e. The van der Waals surface area contributed by atoms with Crippen LogP contribution in [0.4, 0.5) is 0 Å². The Morgan fingerprint density at radius 3 is 2.95 bits per heavy atom. The fourth-order valence-electron chi connectivity index (χ4n) is 2.62. The molecule has 1 aromatic rings. The SMILES string of the molecule is CCCN(CC1CCCO1)C(=O)CCn1ccc(=O)[nH]c1=O. The van der Waals surface area contributed by atoms with Crippen molar-refractivity contribution in [2.75, 3.05) is 19.7 Å². The standard InChI is InChI=1S/C15H23N3O4/c1-2-7-18(11-12-4-3-10-22-12)14(20)6-9-17-8-5-13(19)16-15(17)21/h5,8,12H,2-4,6-7,9-11H2,1H3,(H,16,19,21). The monoisotopic (exact) mass is 309 g/mol. The molecule has 0 bridgehead atoms. The van der Waals surface area contributed by atoms with E-state index in [2.05, 4.69) is 4.98 Å². The molecule has 1 aromatic heterocycles. The summed E-state index contributed by atoms with van der Waals surface area (Å²) in [4.78, 5) is 38.9. The van der Waals surface area contributed by atoms with Crippen molar-refractivity contribution in [1.29, 1.82) is 0 Å². The van der Waals surface area contributed by atoms with E-state index in [-0.39, 0.29) is 25.0 Å². The molecule has 1 saturated heterocycles. The molecule has 1 amide bonds. The smallest absolute Gasteiger partial charge is 0.328 e. The van der Waals surface area contributed by atoms with Crippen molar-refractivity contribution in [3.63, 3.8) is 0 Å². The van der Waals surface area contributed by atoms with E-state index in [1.165, 1.54) is 16.8 Å². The van der Waals surface area contributed by atoms with Gasteiger partial charge >= 0.3 is 5.69 Å². The van der Waals surface area contributed by atoms with Crippen LogP contribution in [0, 0.1) is 0 Å². The molecular weight excluding hydrogens is 286 g/mol. The lowest BCUT2D eigenvalue weighted by atomic mass is 10.2. The molecule has 1 unspecified atom stereocenters. The van der Waals surface area contributed by atoms with Crippen molar-refractivity contribution in [2.45, 2.75) is 45.3 Å². The zero-order valence-electron chi connectivity index (χ0n) is 12.9. The predicted octanol–water partition coefficient (Wildman–Crippen LogP) is 0.344. The number of hydrogen-bond donors (Lipinski definition) is 1. The molecule has 0 radical (unpaired) electrons. The number of nitrogens with one attached hydrogen (secondary N) is 1. The maximum absolute atomic E-state index is 12.4. The molecule has 122 valence electrons. The van der Waals surface area contributed by atoms with Crippen molar-refractivity contribution in [3.8, 4) is 0 Å². The summed E-state index contributed by atoms with van der Waals surface area (Å²) in [5.41, 5.74) is -0.917. The van der Waals surface area contributed by atoms with Gasteiger partial charge in [0.15, 0.2) is 0 Å². The maximum atomic E-state index is 12.4. The molecule has 0 aliphatic carbocycles. The van der Waals surface area contributed by atoms with Gasteiger partial charge in [-0.25, -0.2) is 4.79 Å². The van der Waals surface area contributed by atoms with E-state index >= 15 is 0 Å². The van der Waals surface area contributed by atoms with Crippen LogP contribution in [0.5, 0.6) is 0 Å². The van der Waals surface area contributed by atoms with Crippen LogP contribution in [0.25, 0.3) is 0 Å². The fourth-order valence-corrected chi connectivity index (χ4v) is 2.62. The van der Waals surface area contributed by atoms with Crippen molar-refractivity contribution >= 4 is 5.91 Å². The van der Waals surface area contributed by atoms with E-state index in [0.29, 0.717) is 13.1 Å². The van der Waals surface area contributed by atoms with E-state index in [4.69, 9.17) is 4.74 Å². The van der Waals surface area contributed by atoms with Crippen molar-refractivity contribution < 1.29 is 9.53 Å². The quantitative estimate of drug-likeness (QED) is 0.787. The summed E-state index contributed by atoms with van der Waals surface area (Å²) in [6.07, 6.45) is 4.71. The summed E-state index contributed by atoms with van der Waals surface area (Å²) in [6, 6.07) is 1.28. The zero-order valence-corrected chi connectivity index (χ0v) is 12.9. The second kappa shape index (κ2) is 7.93. The Balaban J connectivity index is 1.92. The molecule has 7 heteroatoms. The topological polar surface area (TPSA) is 84.4 Å². The molecule has 1 aliphatic rings. The van der Waals surface area contributed by atoms with E-state index in [0.717, 1.165) is 25.9 Å². The Kier molecular flexibility index (Phi) is 5.94. The average molecular weight is 309 g/mol. The Hall–Kier alpha value is -1.89. The number of nitrogens with zero attached hydrogens (tertiary/aromatic N) is 2. The Bertz CT molecular complexity index is 601. The summed E-state index contributed by atoms with van der Waals surface area (Å²) in [6.45, 7) is 4.38. The van der Waals surface area contributed by atoms with Crippen LogP contribution in [-0.2, 0) is 16.1 Å². The molecule has 1 fully saturated rings. The molecule has 1 N–H and O–H groups in total. The summed E-state index contributed by atoms with van der Waals surface area (Å²) in [7, 11) is 0. The highest BCUT2D eigenvalue weighted by atomic mass is 16.5. The normalized spacial score (nSPS) is 17.6. The molecule has 1 aliphatic heterocycles. The summed E-state index contributed by atoms with van der Waals surface area (Å²) >= 11 is 0. The first-order chi connectivity index (χ1) is 10.6. The first kappa shape index (κ1) is 16.5. The summed E-state index contributed by atoms with van der Waals surface area (Å²) in [5.74, 6) is 0.00968. The number of carbonyl (C=O) groups excluding carboxylic acids is 1. The van der Waals surface area contributed by atoms with E-state index in [1.54, 1.807) is 0 Å². The number of aromatic amines is 1. The van der Waals surface area contributed by atoms with Crippen molar-refractivity contribution in [1.82, 2.24) is 14.5 Å². The van der Waals surface area contributed by atoms with Gasteiger partial charge in [-0.15, -0.1) is 0 Å². The van der Waals surface area contributed by atoms with Gasteiger partial charge in [0.2, 0.25) is 5.91 Å². The number of carbonyl (C=O) groups is 1. The minimum absolute atomic E-state index is 0.00968. The zero-order chi connectivity index (χ0) is 15.9. The molecule has 7 nitrogen and oxygen atoms in total. The van der Waals surface area contributed by atoms with Crippen LogP contribution >= 0.6 is 0 Å². The predicted molar refractivity (Wildman–Crippen MR) is 81.8 cm³/mol. The Morgan fingerprint density at radius 1 is 1.50 bits per heavy atom. The first-order valence-corrected chi connectivity index (χ1v) is 7.79. The van der Waals surface area contributed by atoms with Crippen LogP contribution in [-0.4, -0.2) is 46.2 Å². The van der Waals surface area contributed by atoms with E-state index in [9.17, 15) is 14.4 Å². The largest absolute Gasteiger partial charge is 0.376 e. The molecule has 1 atom stereocenters. The minimum atomic E-state index is -0.485. The van der Waals surface area contributed by atoms with Gasteiger partial charge in [-0.3, -0.25) is 14.6 Å². The third-order valence-electron chi connectivity index (χ3n) is 3.76. The highest BCUT2D eigenvalue weighted by Crippen LogP contribution is 2.14. The Morgan fingerprint density at radius 2 is 2.32 bits per heavy atom. The van der Waals surface area contributed by atoms with Gasteiger partial charge in [-0.1, -0.05) is 6.92 Å². The van der Waals surface area contributed by atoms with E-state index in [1.807, 2.05) is 11.8 Å². The lowest BCUT2D eigenvalue weighted by Crippen LogP contribution is -2.39. The van der Waals surface area contributed by atoms with E-state index < -0.39 is 11.2 Å². The molecule has 0 aromatic carbocycles. The summed E-state index contributed by atoms with van der Waals surface area (Å²) < 4.78 is 6.93. The maximum Gasteiger partial charge on any atom is 0.328 e. The van der Waals surface area contributed by atoms with Crippen molar-refractivity contribution in [2.24, 2.45) is 0 Å². The lowest BCUT2D eigenvalue weighted by molar-refractivity contribution is -0.133. The lowest BCUT2D eigenvalue weighted by Gasteiger charge is -2.25. The number of H-pyrrole nitrogens is 1. The third kappa shape index (κ3) is 4.56. The van der Waals surface area contributed by atoms with Crippen LogP contribution in [0.1, 0.15) is 32.6 Å². The number of hydrogen-bond acceptors (Lipinski definition) is 4. The molecular formula is C15H23N3O4. The second-order valence-electron chi connectivity index (χ2n) is 5.53. The van der Waals surface area contributed by atoms with Gasteiger partial charge in [0, 0.05) is 44.9 Å². The Labute approximate surface area is 128 Å². The third-order valence-corrected chi connectivity index (χ3v) is 3.76. The van der Waals surface area contributed by atoms with Crippen LogP contribution in [0.3, 0.4) is 0 Å². The molecule has 0 spiro atoms. The second-order valence-corrected chi connectivity index (χ2v) is 5.53. The van der Waals surface area contributed by atoms with Gasteiger partial charge in [0.05, 0.1) is 6.10 Å². The molecule has 22 heavy (non-hydrogen) atoms. The highest BCUT2D eigenvalue weighted by molar-refractivity contribution is 5.76. The van der Waals surface area contributed by atoms with Gasteiger partial charge < -0.3 is 14.2 Å². The number of amides is 1. The van der Waals surface area contributed by atoms with Gasteiger partial charge in [0.1, 0.15) is 0 Å². The van der Waals surface area contributed by atoms with Crippen LogP contribution in [0.15, 0.2) is 21.9 Å². The highest BCUT2D eigenvalue weighted by Gasteiger charge is 2.21. The number of aromatic nitrogens is 2. The van der Waals surface area contributed by atoms with Gasteiger partial charge in [0.25, 0.3) is 5.56 Å². The number of ether oxygens (including phenoxy) is 1. The molecule has 2 rings (SSSR count). The van der Waals surface area contributed by atoms with Crippen LogP contribution in [0.2, 0.25) is 0 Å². The van der Waals surface area contributed by atoms with Crippen molar-refractivity contribution in [3.05, 3.63) is 33.1 Å². The molecule has 0 saturated carbocycles.